The molecule has 1 aliphatic rings. The van der Waals surface area contributed by atoms with E-state index in [0.717, 1.165) is 11.0 Å². The van der Waals surface area contributed by atoms with Crippen LogP contribution in [-0.4, -0.2) is 12.6 Å². The Morgan fingerprint density at radius 2 is 1.94 bits per heavy atom. The van der Waals surface area contributed by atoms with Gasteiger partial charge in [0.15, 0.2) is 0 Å². The minimum atomic E-state index is 0.561. The van der Waals surface area contributed by atoms with Crippen LogP contribution in [0.1, 0.15) is 31.2 Å². The highest BCUT2D eigenvalue weighted by Crippen LogP contribution is 2.13. The van der Waals surface area contributed by atoms with Gasteiger partial charge in [-0.2, -0.15) is 0 Å². The number of nitrogens with one attached hydrogen (secondary N) is 1. The van der Waals surface area contributed by atoms with Crippen molar-refractivity contribution >= 4 is 22.0 Å². The maximum absolute atomic E-state index is 3.57. The number of benzene rings is 1. The molecule has 1 aromatic carbocycles. The molecule has 2 heteroatoms. The molecule has 0 saturated carbocycles. The maximum Gasteiger partial charge on any atom is 0.0253 e. The SMILES string of the molecule is Brc1ccc(/C=C/C2CCCCCN2)cc1. The minimum Gasteiger partial charge on any atom is -0.311 e. The van der Waals surface area contributed by atoms with Gasteiger partial charge in [-0.1, -0.05) is 53.1 Å². The molecule has 0 aromatic heterocycles. The van der Waals surface area contributed by atoms with E-state index in [0.29, 0.717) is 6.04 Å². The fourth-order valence-electron chi connectivity index (χ4n) is 2.02. The molecular formula is C14H18BrN. The van der Waals surface area contributed by atoms with Gasteiger partial charge in [0, 0.05) is 10.5 Å². The molecule has 16 heavy (non-hydrogen) atoms. The Balaban J connectivity index is 1.94. The van der Waals surface area contributed by atoms with Gasteiger partial charge in [-0.15, -0.1) is 0 Å². The van der Waals surface area contributed by atoms with Crippen LogP contribution in [0.5, 0.6) is 0 Å². The van der Waals surface area contributed by atoms with E-state index in [1.807, 2.05) is 0 Å². The molecule has 1 N–H and O–H groups in total. The van der Waals surface area contributed by atoms with Crippen LogP contribution in [0.3, 0.4) is 0 Å². The lowest BCUT2D eigenvalue weighted by atomic mass is 10.1. The summed E-state index contributed by atoms with van der Waals surface area (Å²) in [5.74, 6) is 0. The van der Waals surface area contributed by atoms with Gasteiger partial charge >= 0.3 is 0 Å². The average molecular weight is 280 g/mol. The second-order valence-corrected chi connectivity index (χ2v) is 5.24. The largest absolute Gasteiger partial charge is 0.311 e. The van der Waals surface area contributed by atoms with Crippen LogP contribution < -0.4 is 5.32 Å². The second kappa shape index (κ2) is 6.21. The van der Waals surface area contributed by atoms with E-state index in [9.17, 15) is 0 Å². The Hall–Kier alpha value is -0.600. The van der Waals surface area contributed by atoms with Crippen LogP contribution in [0.15, 0.2) is 34.8 Å². The molecule has 2 rings (SSSR count). The third-order valence-corrected chi connectivity index (χ3v) is 3.52. The molecule has 0 radical (unpaired) electrons. The summed E-state index contributed by atoms with van der Waals surface area (Å²) in [7, 11) is 0. The van der Waals surface area contributed by atoms with Gasteiger partial charge in [-0.05, 0) is 37.1 Å². The molecule has 1 aromatic rings. The average Bonchev–Trinajstić information content (AvgIpc) is 2.57. The molecule has 1 fully saturated rings. The lowest BCUT2D eigenvalue weighted by molar-refractivity contribution is 0.599. The van der Waals surface area contributed by atoms with E-state index in [4.69, 9.17) is 0 Å². The Morgan fingerprint density at radius 1 is 1.12 bits per heavy atom. The quantitative estimate of drug-likeness (QED) is 0.863. The van der Waals surface area contributed by atoms with Gasteiger partial charge in [0.2, 0.25) is 0 Å². The van der Waals surface area contributed by atoms with Crippen molar-refractivity contribution in [1.29, 1.82) is 0 Å². The predicted octanol–water partition coefficient (Wildman–Crippen LogP) is 3.99. The van der Waals surface area contributed by atoms with Gasteiger partial charge in [-0.25, -0.2) is 0 Å². The first-order valence-corrected chi connectivity index (χ1v) is 6.81. The monoisotopic (exact) mass is 279 g/mol. The van der Waals surface area contributed by atoms with Gasteiger partial charge in [0.1, 0.15) is 0 Å². The molecular weight excluding hydrogens is 262 g/mol. The summed E-state index contributed by atoms with van der Waals surface area (Å²) in [6.07, 6.45) is 9.83. The number of rotatable bonds is 2. The summed E-state index contributed by atoms with van der Waals surface area (Å²) in [6.45, 7) is 1.16. The van der Waals surface area contributed by atoms with E-state index in [-0.39, 0.29) is 0 Å². The zero-order valence-corrected chi connectivity index (χ0v) is 11.0. The van der Waals surface area contributed by atoms with Crippen LogP contribution in [0, 0.1) is 0 Å². The van der Waals surface area contributed by atoms with Crippen LogP contribution in [0.25, 0.3) is 6.08 Å². The molecule has 1 saturated heterocycles. The fourth-order valence-corrected chi connectivity index (χ4v) is 2.29. The second-order valence-electron chi connectivity index (χ2n) is 4.32. The van der Waals surface area contributed by atoms with Crippen molar-refractivity contribution in [2.45, 2.75) is 31.7 Å². The summed E-state index contributed by atoms with van der Waals surface area (Å²) in [6, 6.07) is 9.00. The van der Waals surface area contributed by atoms with Crippen molar-refractivity contribution in [3.8, 4) is 0 Å². The van der Waals surface area contributed by atoms with Crippen molar-refractivity contribution in [3.05, 3.63) is 40.4 Å². The molecule has 0 spiro atoms. The van der Waals surface area contributed by atoms with E-state index in [1.165, 1.54) is 31.2 Å². The third-order valence-electron chi connectivity index (χ3n) is 2.99. The van der Waals surface area contributed by atoms with Crippen molar-refractivity contribution in [2.24, 2.45) is 0 Å². The van der Waals surface area contributed by atoms with E-state index in [2.05, 4.69) is 57.7 Å². The van der Waals surface area contributed by atoms with Crippen molar-refractivity contribution in [3.63, 3.8) is 0 Å². The number of halogens is 1. The Morgan fingerprint density at radius 3 is 2.75 bits per heavy atom. The van der Waals surface area contributed by atoms with Crippen LogP contribution in [0.2, 0.25) is 0 Å². The highest BCUT2D eigenvalue weighted by atomic mass is 79.9. The summed E-state index contributed by atoms with van der Waals surface area (Å²) < 4.78 is 1.14. The number of hydrogen-bond acceptors (Lipinski definition) is 1. The van der Waals surface area contributed by atoms with Gasteiger partial charge < -0.3 is 5.32 Å². The molecule has 1 nitrogen and oxygen atoms in total. The third kappa shape index (κ3) is 3.76. The Labute approximate surface area is 106 Å². The molecule has 0 bridgehead atoms. The number of hydrogen-bond donors (Lipinski definition) is 1. The molecule has 86 valence electrons. The summed E-state index contributed by atoms with van der Waals surface area (Å²) in [4.78, 5) is 0. The van der Waals surface area contributed by atoms with Crippen LogP contribution in [0.4, 0.5) is 0 Å². The minimum absolute atomic E-state index is 0.561. The standard InChI is InChI=1S/C14H18BrN/c15-13-8-5-12(6-9-13)7-10-14-4-2-1-3-11-16-14/h5-10,14,16H,1-4,11H2/b10-7+. The Bertz CT molecular complexity index is 334. The first-order chi connectivity index (χ1) is 7.84. The topological polar surface area (TPSA) is 12.0 Å². The Kier molecular flexibility index (Phi) is 4.61. The van der Waals surface area contributed by atoms with Crippen LogP contribution in [-0.2, 0) is 0 Å². The zero-order chi connectivity index (χ0) is 11.2. The smallest absolute Gasteiger partial charge is 0.0253 e. The molecule has 1 unspecified atom stereocenters. The van der Waals surface area contributed by atoms with Gasteiger partial charge in [0.25, 0.3) is 0 Å². The fraction of sp³-hybridized carbons (Fsp3) is 0.429. The predicted molar refractivity (Wildman–Crippen MR) is 73.4 cm³/mol. The van der Waals surface area contributed by atoms with E-state index in [1.54, 1.807) is 0 Å². The van der Waals surface area contributed by atoms with Gasteiger partial charge in [-0.3, -0.25) is 0 Å². The summed E-state index contributed by atoms with van der Waals surface area (Å²) in [5, 5.41) is 3.57. The maximum atomic E-state index is 3.57. The molecule has 1 heterocycles. The summed E-state index contributed by atoms with van der Waals surface area (Å²) >= 11 is 3.45. The van der Waals surface area contributed by atoms with Crippen LogP contribution >= 0.6 is 15.9 Å². The zero-order valence-electron chi connectivity index (χ0n) is 9.45. The van der Waals surface area contributed by atoms with Gasteiger partial charge in [0.05, 0.1) is 0 Å². The lowest BCUT2D eigenvalue weighted by Crippen LogP contribution is -2.25. The lowest BCUT2D eigenvalue weighted by Gasteiger charge is -2.09. The van der Waals surface area contributed by atoms with E-state index < -0.39 is 0 Å². The van der Waals surface area contributed by atoms with Crippen molar-refractivity contribution < 1.29 is 0 Å². The molecule has 1 aliphatic heterocycles. The summed E-state index contributed by atoms with van der Waals surface area (Å²) in [5.41, 5.74) is 1.27. The first-order valence-electron chi connectivity index (χ1n) is 6.02. The molecule has 0 amide bonds. The first kappa shape index (κ1) is 11.9. The highest BCUT2D eigenvalue weighted by Gasteiger charge is 2.06. The van der Waals surface area contributed by atoms with Crippen molar-refractivity contribution in [1.82, 2.24) is 5.32 Å². The van der Waals surface area contributed by atoms with Crippen molar-refractivity contribution in [2.75, 3.05) is 6.54 Å². The normalized spacial score (nSPS) is 22.2. The molecule has 0 aliphatic carbocycles. The van der Waals surface area contributed by atoms with E-state index >= 15 is 0 Å². The molecule has 1 atom stereocenters. The highest BCUT2D eigenvalue weighted by molar-refractivity contribution is 9.10.